The molecule has 0 aliphatic rings. The number of aromatic nitrogens is 2. The van der Waals surface area contributed by atoms with E-state index in [2.05, 4.69) is 60.0 Å². The Morgan fingerprint density at radius 1 is 1.21 bits per heavy atom. The maximum absolute atomic E-state index is 4.54. The van der Waals surface area contributed by atoms with Gasteiger partial charge in [0.2, 0.25) is 0 Å². The van der Waals surface area contributed by atoms with E-state index in [4.69, 9.17) is 0 Å². The Morgan fingerprint density at radius 3 is 2.42 bits per heavy atom. The summed E-state index contributed by atoms with van der Waals surface area (Å²) in [6.45, 7) is 10.1. The van der Waals surface area contributed by atoms with Gasteiger partial charge in [0, 0.05) is 25.7 Å². The molecule has 1 atom stereocenters. The van der Waals surface area contributed by atoms with E-state index in [-0.39, 0.29) is 0 Å². The summed E-state index contributed by atoms with van der Waals surface area (Å²) in [5, 5.41) is 3.25. The SMILES string of the molecule is CCNCc1cnc(N(CC)C(C)CN(C)C)cn1. The Kier molecular flexibility index (Phi) is 6.73. The molecule has 0 aromatic carbocycles. The fraction of sp³-hybridized carbons (Fsp3) is 0.714. The predicted molar refractivity (Wildman–Crippen MR) is 80.4 cm³/mol. The summed E-state index contributed by atoms with van der Waals surface area (Å²) in [5.41, 5.74) is 0.988. The molecule has 0 aliphatic heterocycles. The standard InChI is InChI=1S/C14H27N5/c1-6-15-8-13-9-17-14(10-16-13)19(7-2)12(3)11-18(4)5/h9-10,12,15H,6-8,11H2,1-5H3. The van der Waals surface area contributed by atoms with Crippen molar-refractivity contribution in [3.05, 3.63) is 18.1 Å². The Labute approximate surface area is 117 Å². The van der Waals surface area contributed by atoms with E-state index in [1.54, 1.807) is 0 Å². The third-order valence-corrected chi connectivity index (χ3v) is 3.04. The average molecular weight is 265 g/mol. The molecule has 1 unspecified atom stereocenters. The van der Waals surface area contributed by atoms with Crippen molar-refractivity contribution < 1.29 is 0 Å². The second kappa shape index (κ2) is 8.07. The monoisotopic (exact) mass is 265 g/mol. The molecular weight excluding hydrogens is 238 g/mol. The minimum atomic E-state index is 0.425. The van der Waals surface area contributed by atoms with Gasteiger partial charge < -0.3 is 15.1 Å². The van der Waals surface area contributed by atoms with Crippen molar-refractivity contribution >= 4 is 5.82 Å². The number of anilines is 1. The van der Waals surface area contributed by atoms with E-state index < -0.39 is 0 Å². The van der Waals surface area contributed by atoms with Crippen LogP contribution in [0.25, 0.3) is 0 Å². The summed E-state index contributed by atoms with van der Waals surface area (Å²) in [6, 6.07) is 0.425. The van der Waals surface area contributed by atoms with Crippen LogP contribution < -0.4 is 10.2 Å². The summed E-state index contributed by atoms with van der Waals surface area (Å²) in [7, 11) is 4.19. The van der Waals surface area contributed by atoms with Gasteiger partial charge in [-0.3, -0.25) is 4.98 Å². The van der Waals surface area contributed by atoms with Gasteiger partial charge in [-0.15, -0.1) is 0 Å². The zero-order chi connectivity index (χ0) is 14.3. The van der Waals surface area contributed by atoms with Gasteiger partial charge in [-0.2, -0.15) is 0 Å². The smallest absolute Gasteiger partial charge is 0.147 e. The second-order valence-corrected chi connectivity index (χ2v) is 5.04. The van der Waals surface area contributed by atoms with Crippen molar-refractivity contribution in [1.29, 1.82) is 0 Å². The maximum Gasteiger partial charge on any atom is 0.147 e. The third kappa shape index (κ3) is 5.12. The Balaban J connectivity index is 2.70. The van der Waals surface area contributed by atoms with Gasteiger partial charge in [0.05, 0.1) is 18.1 Å². The summed E-state index contributed by atoms with van der Waals surface area (Å²) < 4.78 is 0. The lowest BCUT2D eigenvalue weighted by molar-refractivity contribution is 0.372. The highest BCUT2D eigenvalue weighted by atomic mass is 15.2. The lowest BCUT2D eigenvalue weighted by atomic mass is 10.2. The van der Waals surface area contributed by atoms with Gasteiger partial charge in [0.25, 0.3) is 0 Å². The van der Waals surface area contributed by atoms with Gasteiger partial charge in [-0.05, 0) is 34.5 Å². The molecule has 0 bridgehead atoms. The number of hydrogen-bond acceptors (Lipinski definition) is 5. The molecule has 0 radical (unpaired) electrons. The molecule has 19 heavy (non-hydrogen) atoms. The minimum absolute atomic E-state index is 0.425. The zero-order valence-electron chi connectivity index (χ0n) is 12.8. The maximum atomic E-state index is 4.54. The molecule has 0 saturated heterocycles. The van der Waals surface area contributed by atoms with Gasteiger partial charge in [0.15, 0.2) is 0 Å². The summed E-state index contributed by atoms with van der Waals surface area (Å²) in [6.07, 6.45) is 3.74. The van der Waals surface area contributed by atoms with Crippen LogP contribution in [0.5, 0.6) is 0 Å². The molecule has 1 N–H and O–H groups in total. The quantitative estimate of drug-likeness (QED) is 0.769. The van der Waals surface area contributed by atoms with Crippen LogP contribution in [0.2, 0.25) is 0 Å². The molecule has 0 fully saturated rings. The van der Waals surface area contributed by atoms with E-state index in [9.17, 15) is 0 Å². The molecule has 0 saturated carbocycles. The van der Waals surface area contributed by atoms with Crippen molar-refractivity contribution in [1.82, 2.24) is 20.2 Å². The first-order valence-corrected chi connectivity index (χ1v) is 7.01. The average Bonchev–Trinajstić information content (AvgIpc) is 2.38. The first kappa shape index (κ1) is 15.9. The molecule has 5 heteroatoms. The van der Waals surface area contributed by atoms with Crippen LogP contribution in [-0.4, -0.2) is 54.6 Å². The van der Waals surface area contributed by atoms with Crippen LogP contribution in [-0.2, 0) is 6.54 Å². The van der Waals surface area contributed by atoms with Gasteiger partial charge in [0.1, 0.15) is 5.82 Å². The van der Waals surface area contributed by atoms with Crippen molar-refractivity contribution in [3.8, 4) is 0 Å². The molecule has 1 heterocycles. The number of likely N-dealkylation sites (N-methyl/N-ethyl adjacent to an activating group) is 2. The van der Waals surface area contributed by atoms with Crippen LogP contribution in [0.1, 0.15) is 26.5 Å². The van der Waals surface area contributed by atoms with Crippen LogP contribution in [0.3, 0.4) is 0 Å². The van der Waals surface area contributed by atoms with Crippen LogP contribution in [0.4, 0.5) is 5.82 Å². The first-order valence-electron chi connectivity index (χ1n) is 7.01. The first-order chi connectivity index (χ1) is 9.08. The second-order valence-electron chi connectivity index (χ2n) is 5.04. The summed E-state index contributed by atoms with van der Waals surface area (Å²) in [4.78, 5) is 13.5. The van der Waals surface area contributed by atoms with E-state index in [1.165, 1.54) is 0 Å². The van der Waals surface area contributed by atoms with E-state index in [0.717, 1.165) is 37.7 Å². The molecular formula is C14H27N5. The Hall–Kier alpha value is -1.20. The topological polar surface area (TPSA) is 44.3 Å². The van der Waals surface area contributed by atoms with Gasteiger partial charge >= 0.3 is 0 Å². The lowest BCUT2D eigenvalue weighted by Crippen LogP contribution is -2.40. The molecule has 0 aliphatic carbocycles. The number of nitrogens with zero attached hydrogens (tertiary/aromatic N) is 4. The molecule has 1 aromatic heterocycles. The van der Waals surface area contributed by atoms with E-state index in [1.807, 2.05) is 12.4 Å². The third-order valence-electron chi connectivity index (χ3n) is 3.04. The number of rotatable bonds is 8. The number of hydrogen-bond donors (Lipinski definition) is 1. The van der Waals surface area contributed by atoms with Gasteiger partial charge in [-0.25, -0.2) is 4.98 Å². The molecule has 0 amide bonds. The summed E-state index contributed by atoms with van der Waals surface area (Å²) >= 11 is 0. The van der Waals surface area contributed by atoms with Crippen LogP contribution in [0, 0.1) is 0 Å². The van der Waals surface area contributed by atoms with E-state index >= 15 is 0 Å². The molecule has 1 aromatic rings. The van der Waals surface area contributed by atoms with Crippen LogP contribution >= 0.6 is 0 Å². The Bertz CT molecular complexity index is 349. The van der Waals surface area contributed by atoms with Gasteiger partial charge in [-0.1, -0.05) is 6.92 Å². The fourth-order valence-electron chi connectivity index (χ4n) is 2.17. The minimum Gasteiger partial charge on any atom is -0.352 e. The zero-order valence-corrected chi connectivity index (χ0v) is 12.8. The fourth-order valence-corrected chi connectivity index (χ4v) is 2.17. The number of nitrogens with one attached hydrogen (secondary N) is 1. The Morgan fingerprint density at radius 2 is 1.95 bits per heavy atom. The van der Waals surface area contributed by atoms with Crippen molar-refractivity contribution in [2.45, 2.75) is 33.4 Å². The molecule has 0 spiro atoms. The highest BCUT2D eigenvalue weighted by Crippen LogP contribution is 2.13. The molecule has 5 nitrogen and oxygen atoms in total. The van der Waals surface area contributed by atoms with Crippen molar-refractivity contribution in [3.63, 3.8) is 0 Å². The highest BCUT2D eigenvalue weighted by molar-refractivity contribution is 5.37. The van der Waals surface area contributed by atoms with Crippen molar-refractivity contribution in [2.75, 3.05) is 38.6 Å². The lowest BCUT2D eigenvalue weighted by Gasteiger charge is -2.30. The predicted octanol–water partition coefficient (Wildman–Crippen LogP) is 1.36. The highest BCUT2D eigenvalue weighted by Gasteiger charge is 2.15. The normalized spacial score (nSPS) is 12.7. The van der Waals surface area contributed by atoms with E-state index in [0.29, 0.717) is 6.04 Å². The van der Waals surface area contributed by atoms with Crippen molar-refractivity contribution in [2.24, 2.45) is 0 Å². The largest absolute Gasteiger partial charge is 0.352 e. The van der Waals surface area contributed by atoms with Crippen LogP contribution in [0.15, 0.2) is 12.4 Å². The summed E-state index contributed by atoms with van der Waals surface area (Å²) in [5.74, 6) is 0.956. The molecule has 108 valence electrons. The molecule has 1 rings (SSSR count).